The number of alkyl halides is 3. The number of hydrogen-bond donors (Lipinski definition) is 3. The monoisotopic (exact) mass is 510 g/mol. The third kappa shape index (κ3) is 6.47. The molecule has 2 atom stereocenters. The number of carbonyl (C=O) groups is 3. The Hall–Kier alpha value is -3.21. The maximum absolute atomic E-state index is 12.9. The van der Waals surface area contributed by atoms with Crippen molar-refractivity contribution in [1.82, 2.24) is 10.6 Å². The summed E-state index contributed by atoms with van der Waals surface area (Å²) >= 11 is 1.38. The van der Waals surface area contributed by atoms with Gasteiger partial charge in [0.1, 0.15) is 12.6 Å². The van der Waals surface area contributed by atoms with Gasteiger partial charge in [0.25, 0.3) is 0 Å². The summed E-state index contributed by atoms with van der Waals surface area (Å²) in [6.45, 7) is -1.13. The third-order valence-corrected chi connectivity index (χ3v) is 6.38. The van der Waals surface area contributed by atoms with Gasteiger partial charge in [0.15, 0.2) is 5.92 Å². The van der Waals surface area contributed by atoms with Gasteiger partial charge in [-0.25, -0.2) is 4.79 Å². The number of aliphatic carboxylic acids is 1. The van der Waals surface area contributed by atoms with Gasteiger partial charge >= 0.3 is 18.2 Å². The van der Waals surface area contributed by atoms with Gasteiger partial charge in [-0.2, -0.15) is 24.9 Å². The highest BCUT2D eigenvalue weighted by Crippen LogP contribution is 2.44. The molecule has 0 aromatic heterocycles. The first-order valence-electron chi connectivity index (χ1n) is 10.8. The van der Waals surface area contributed by atoms with Crippen molar-refractivity contribution < 1.29 is 37.4 Å². The SMILES string of the molecule is CSCCC(NC(=O)OCC1c2ccccc2-c2ccccc21)C(=O)NCC(C(=O)O)C(F)(F)F. The lowest BCUT2D eigenvalue weighted by atomic mass is 9.98. The smallest absolute Gasteiger partial charge is 0.407 e. The van der Waals surface area contributed by atoms with Crippen molar-refractivity contribution in [3.05, 3.63) is 59.7 Å². The second kappa shape index (κ2) is 11.5. The van der Waals surface area contributed by atoms with Crippen LogP contribution in [-0.2, 0) is 14.3 Å². The van der Waals surface area contributed by atoms with Crippen molar-refractivity contribution in [2.75, 3.05) is 25.2 Å². The lowest BCUT2D eigenvalue weighted by molar-refractivity contribution is -0.192. The Morgan fingerprint density at radius 2 is 1.63 bits per heavy atom. The number of carboxylic acid groups (broad SMARTS) is 1. The zero-order chi connectivity index (χ0) is 25.6. The number of carboxylic acids is 1. The Bertz CT molecular complexity index is 1030. The molecule has 3 rings (SSSR count). The molecule has 0 aliphatic heterocycles. The summed E-state index contributed by atoms with van der Waals surface area (Å²) in [6, 6.07) is 14.3. The van der Waals surface area contributed by atoms with Crippen LogP contribution in [0.15, 0.2) is 48.5 Å². The highest BCUT2D eigenvalue weighted by molar-refractivity contribution is 7.98. The second-order valence-electron chi connectivity index (χ2n) is 7.98. The van der Waals surface area contributed by atoms with E-state index < -0.39 is 42.7 Å². The van der Waals surface area contributed by atoms with E-state index in [9.17, 15) is 27.6 Å². The first-order chi connectivity index (χ1) is 16.6. The van der Waals surface area contributed by atoms with Crippen LogP contribution in [0.1, 0.15) is 23.5 Å². The van der Waals surface area contributed by atoms with Gasteiger partial charge < -0.3 is 20.5 Å². The zero-order valence-corrected chi connectivity index (χ0v) is 19.6. The fourth-order valence-corrected chi connectivity index (χ4v) is 4.43. The van der Waals surface area contributed by atoms with E-state index >= 15 is 0 Å². The van der Waals surface area contributed by atoms with Gasteiger partial charge in [0, 0.05) is 12.5 Å². The number of alkyl carbamates (subject to hydrolysis) is 1. The minimum absolute atomic E-state index is 0.00584. The van der Waals surface area contributed by atoms with Crippen LogP contribution in [0.2, 0.25) is 0 Å². The second-order valence-corrected chi connectivity index (χ2v) is 8.97. The van der Waals surface area contributed by atoms with Crippen molar-refractivity contribution in [2.24, 2.45) is 5.92 Å². The molecule has 188 valence electrons. The van der Waals surface area contributed by atoms with Crippen molar-refractivity contribution in [3.63, 3.8) is 0 Å². The number of nitrogens with one attached hydrogen (secondary N) is 2. The van der Waals surface area contributed by atoms with Gasteiger partial charge in [-0.3, -0.25) is 9.59 Å². The summed E-state index contributed by atoms with van der Waals surface area (Å²) in [4.78, 5) is 35.9. The molecule has 35 heavy (non-hydrogen) atoms. The first-order valence-corrected chi connectivity index (χ1v) is 12.2. The molecule has 3 N–H and O–H groups in total. The fourth-order valence-electron chi connectivity index (χ4n) is 3.96. The number of halogens is 3. The number of benzene rings is 2. The molecule has 0 heterocycles. The zero-order valence-electron chi connectivity index (χ0n) is 18.8. The number of fused-ring (bicyclic) bond motifs is 3. The lowest BCUT2D eigenvalue weighted by Gasteiger charge is -2.21. The minimum atomic E-state index is -5.02. The molecule has 0 saturated heterocycles. The van der Waals surface area contributed by atoms with E-state index in [4.69, 9.17) is 9.84 Å². The average molecular weight is 511 g/mol. The number of hydrogen-bond acceptors (Lipinski definition) is 5. The standard InChI is InChI=1S/C24H25F3N2O5S/c1-35-11-10-20(21(30)28-12-19(22(31)32)24(25,26)27)29-23(33)34-13-18-16-8-4-2-6-14(16)15-7-3-5-9-17(15)18/h2-9,18-20H,10-13H2,1H3,(H,28,30)(H,29,33)(H,31,32). The summed E-state index contributed by atoms with van der Waals surface area (Å²) in [5.74, 6) is -5.52. The molecule has 0 saturated carbocycles. The molecule has 2 unspecified atom stereocenters. The predicted molar refractivity (Wildman–Crippen MR) is 125 cm³/mol. The molecular formula is C24H25F3N2O5S. The molecule has 0 bridgehead atoms. The summed E-state index contributed by atoms with van der Waals surface area (Å²) in [5, 5.41) is 13.2. The maximum Gasteiger partial charge on any atom is 0.407 e. The predicted octanol–water partition coefficient (Wildman–Crippen LogP) is 4.03. The molecule has 0 spiro atoms. The highest BCUT2D eigenvalue weighted by Gasteiger charge is 2.45. The topological polar surface area (TPSA) is 105 Å². The van der Waals surface area contributed by atoms with Crippen LogP contribution in [0.5, 0.6) is 0 Å². The van der Waals surface area contributed by atoms with Gasteiger partial charge in [-0.1, -0.05) is 48.5 Å². The Morgan fingerprint density at radius 3 is 2.14 bits per heavy atom. The Labute approximate surface area is 204 Å². The van der Waals surface area contributed by atoms with Gasteiger partial charge in [-0.15, -0.1) is 0 Å². The number of amides is 2. The molecule has 7 nitrogen and oxygen atoms in total. The quantitative estimate of drug-likeness (QED) is 0.446. The van der Waals surface area contributed by atoms with E-state index in [0.717, 1.165) is 22.3 Å². The molecule has 0 fully saturated rings. The summed E-state index contributed by atoms with van der Waals surface area (Å²) in [7, 11) is 0. The van der Waals surface area contributed by atoms with E-state index in [1.807, 2.05) is 53.8 Å². The van der Waals surface area contributed by atoms with E-state index in [-0.39, 0.29) is 18.9 Å². The Balaban J connectivity index is 1.63. The number of carbonyl (C=O) groups excluding carboxylic acids is 2. The van der Waals surface area contributed by atoms with Crippen molar-refractivity contribution in [1.29, 1.82) is 0 Å². The summed E-state index contributed by atoms with van der Waals surface area (Å²) < 4.78 is 44.0. The van der Waals surface area contributed by atoms with E-state index in [1.54, 1.807) is 6.26 Å². The Kier molecular flexibility index (Phi) is 8.66. The van der Waals surface area contributed by atoms with Crippen LogP contribution in [0.25, 0.3) is 11.1 Å². The normalized spacial score (nSPS) is 14.4. The van der Waals surface area contributed by atoms with E-state index in [1.165, 1.54) is 11.8 Å². The Morgan fingerprint density at radius 1 is 1.06 bits per heavy atom. The van der Waals surface area contributed by atoms with Crippen LogP contribution in [0, 0.1) is 5.92 Å². The summed E-state index contributed by atoms with van der Waals surface area (Å²) in [5.41, 5.74) is 4.11. The first kappa shape index (κ1) is 26.4. The van der Waals surface area contributed by atoms with Gasteiger partial charge in [-0.05, 0) is 40.7 Å². The largest absolute Gasteiger partial charge is 0.481 e. The average Bonchev–Trinajstić information content (AvgIpc) is 3.13. The lowest BCUT2D eigenvalue weighted by Crippen LogP contribution is -2.50. The number of rotatable bonds is 10. The van der Waals surface area contributed by atoms with Crippen molar-refractivity contribution >= 4 is 29.7 Å². The molecule has 2 aromatic rings. The maximum atomic E-state index is 12.9. The van der Waals surface area contributed by atoms with Gasteiger partial charge in [0.05, 0.1) is 0 Å². The van der Waals surface area contributed by atoms with Crippen LogP contribution in [0.3, 0.4) is 0 Å². The van der Waals surface area contributed by atoms with Crippen molar-refractivity contribution in [3.8, 4) is 11.1 Å². The van der Waals surface area contributed by atoms with Crippen LogP contribution < -0.4 is 10.6 Å². The third-order valence-electron chi connectivity index (χ3n) is 5.74. The van der Waals surface area contributed by atoms with Crippen molar-refractivity contribution in [2.45, 2.75) is 24.6 Å². The summed E-state index contributed by atoms with van der Waals surface area (Å²) in [6.07, 6.45) is -4.01. The molecule has 1 aliphatic carbocycles. The fraction of sp³-hybridized carbons (Fsp3) is 0.375. The van der Waals surface area contributed by atoms with Crippen LogP contribution in [-0.4, -0.2) is 60.5 Å². The van der Waals surface area contributed by atoms with E-state index in [2.05, 4.69) is 5.32 Å². The van der Waals surface area contributed by atoms with E-state index in [0.29, 0.717) is 5.75 Å². The number of thioether (sulfide) groups is 1. The molecule has 2 aromatic carbocycles. The molecule has 0 radical (unpaired) electrons. The molecule has 2 amide bonds. The van der Waals surface area contributed by atoms with Crippen LogP contribution in [0.4, 0.5) is 18.0 Å². The minimum Gasteiger partial charge on any atom is -0.481 e. The molecule has 1 aliphatic rings. The highest BCUT2D eigenvalue weighted by atomic mass is 32.2. The number of ether oxygens (including phenoxy) is 1. The molecular weight excluding hydrogens is 485 g/mol. The molecule has 11 heteroatoms. The van der Waals surface area contributed by atoms with Crippen LogP contribution >= 0.6 is 11.8 Å². The van der Waals surface area contributed by atoms with Gasteiger partial charge in [0.2, 0.25) is 5.91 Å².